The van der Waals surface area contributed by atoms with E-state index in [4.69, 9.17) is 0 Å². The fourth-order valence-electron chi connectivity index (χ4n) is 1.18. The van der Waals surface area contributed by atoms with Crippen molar-refractivity contribution in [1.82, 2.24) is 0 Å². The highest BCUT2D eigenvalue weighted by Gasteiger charge is 2.07. The highest BCUT2D eigenvalue weighted by atomic mass is 127. The number of phenolic OH excluding ortho intramolecular Hbond substituents is 1. The van der Waals surface area contributed by atoms with Crippen LogP contribution < -0.4 is 0 Å². The van der Waals surface area contributed by atoms with Crippen LogP contribution in [0.1, 0.15) is 4.88 Å². The average Bonchev–Trinajstić information content (AvgIpc) is 2.55. The summed E-state index contributed by atoms with van der Waals surface area (Å²) in [6, 6.07) is 5.83. The van der Waals surface area contributed by atoms with E-state index in [1.807, 2.05) is 6.07 Å². The predicted molar refractivity (Wildman–Crippen MR) is 68.8 cm³/mol. The number of halogens is 2. The zero-order chi connectivity index (χ0) is 9.42. The standard InChI is InChI=1S/C9H6BrIOS/c10-4-5-3-6-8(13-5)2-1-7(12)9(6)11/h1-3,12H,4H2. The molecule has 0 bridgehead atoms. The summed E-state index contributed by atoms with van der Waals surface area (Å²) in [4.78, 5) is 1.29. The fraction of sp³-hybridized carbons (Fsp3) is 0.111. The van der Waals surface area contributed by atoms with Gasteiger partial charge in [0, 0.05) is 20.3 Å². The lowest BCUT2D eigenvalue weighted by Gasteiger charge is -1.96. The molecule has 0 atom stereocenters. The van der Waals surface area contributed by atoms with E-state index in [0.717, 1.165) is 14.3 Å². The zero-order valence-corrected chi connectivity index (χ0v) is 11.1. The summed E-state index contributed by atoms with van der Waals surface area (Å²) in [7, 11) is 0. The van der Waals surface area contributed by atoms with Gasteiger partial charge >= 0.3 is 0 Å². The highest BCUT2D eigenvalue weighted by Crippen LogP contribution is 2.34. The van der Waals surface area contributed by atoms with E-state index in [2.05, 4.69) is 44.6 Å². The van der Waals surface area contributed by atoms with Crippen molar-refractivity contribution < 1.29 is 5.11 Å². The van der Waals surface area contributed by atoms with Gasteiger partial charge in [0.1, 0.15) is 5.75 Å². The van der Waals surface area contributed by atoms with Gasteiger partial charge in [-0.2, -0.15) is 0 Å². The van der Waals surface area contributed by atoms with Crippen molar-refractivity contribution in [3.05, 3.63) is 26.6 Å². The molecular weight excluding hydrogens is 363 g/mol. The quantitative estimate of drug-likeness (QED) is 0.593. The van der Waals surface area contributed by atoms with Crippen LogP contribution in [0.2, 0.25) is 0 Å². The third-order valence-electron chi connectivity index (χ3n) is 1.80. The lowest BCUT2D eigenvalue weighted by atomic mass is 10.2. The SMILES string of the molecule is Oc1ccc2sc(CBr)cc2c1I. The number of benzene rings is 1. The topological polar surface area (TPSA) is 20.2 Å². The number of hydrogen-bond donors (Lipinski definition) is 1. The van der Waals surface area contributed by atoms with Crippen molar-refractivity contribution in [3.8, 4) is 5.75 Å². The Kier molecular flexibility index (Phi) is 2.80. The molecule has 0 aliphatic carbocycles. The molecule has 0 unspecified atom stereocenters. The smallest absolute Gasteiger partial charge is 0.129 e. The maximum Gasteiger partial charge on any atom is 0.129 e. The van der Waals surface area contributed by atoms with Gasteiger partial charge in [-0.05, 0) is 40.8 Å². The van der Waals surface area contributed by atoms with Gasteiger partial charge in [-0.15, -0.1) is 11.3 Å². The van der Waals surface area contributed by atoms with Gasteiger partial charge < -0.3 is 5.11 Å². The molecule has 0 radical (unpaired) electrons. The summed E-state index contributed by atoms with van der Waals surface area (Å²) in [6.45, 7) is 0. The summed E-state index contributed by atoms with van der Waals surface area (Å²) in [5.41, 5.74) is 0. The molecule has 0 spiro atoms. The second kappa shape index (κ2) is 3.74. The lowest BCUT2D eigenvalue weighted by molar-refractivity contribution is 0.472. The summed E-state index contributed by atoms with van der Waals surface area (Å²) < 4.78 is 2.18. The summed E-state index contributed by atoms with van der Waals surface area (Å²) >= 11 is 7.36. The second-order valence-electron chi connectivity index (χ2n) is 2.66. The third kappa shape index (κ3) is 1.71. The molecule has 1 heterocycles. The Labute approximate surface area is 102 Å². The largest absolute Gasteiger partial charge is 0.507 e. The van der Waals surface area contributed by atoms with Crippen LogP contribution in [0.5, 0.6) is 5.75 Å². The van der Waals surface area contributed by atoms with E-state index in [0.29, 0.717) is 5.75 Å². The Bertz CT molecular complexity index is 452. The van der Waals surface area contributed by atoms with Crippen LogP contribution in [0.4, 0.5) is 0 Å². The Balaban J connectivity index is 2.76. The van der Waals surface area contributed by atoms with Crippen LogP contribution >= 0.6 is 49.9 Å². The van der Waals surface area contributed by atoms with Gasteiger partial charge in [0.25, 0.3) is 0 Å². The van der Waals surface area contributed by atoms with Gasteiger partial charge in [0.2, 0.25) is 0 Å². The number of rotatable bonds is 1. The molecule has 0 saturated carbocycles. The number of aromatic hydroxyl groups is 1. The van der Waals surface area contributed by atoms with E-state index in [1.54, 1.807) is 17.4 Å². The number of thiophene rings is 1. The molecule has 0 aliphatic heterocycles. The molecule has 2 aromatic rings. The first-order chi connectivity index (χ1) is 6.22. The Morgan fingerprint density at radius 3 is 2.92 bits per heavy atom. The van der Waals surface area contributed by atoms with Gasteiger partial charge in [0.15, 0.2) is 0 Å². The van der Waals surface area contributed by atoms with Crippen LogP contribution in [0, 0.1) is 3.57 Å². The minimum absolute atomic E-state index is 0.368. The monoisotopic (exact) mass is 368 g/mol. The van der Waals surface area contributed by atoms with Crippen LogP contribution in [0.25, 0.3) is 10.1 Å². The Morgan fingerprint density at radius 2 is 2.23 bits per heavy atom. The molecule has 2 rings (SSSR count). The molecule has 1 aromatic carbocycles. The Hall–Kier alpha value is 0.190. The van der Waals surface area contributed by atoms with E-state index in [1.165, 1.54) is 9.58 Å². The predicted octanol–water partition coefficient (Wildman–Crippen LogP) is 4.11. The minimum atomic E-state index is 0.368. The van der Waals surface area contributed by atoms with Crippen molar-refractivity contribution in [2.24, 2.45) is 0 Å². The van der Waals surface area contributed by atoms with E-state index >= 15 is 0 Å². The molecule has 1 nitrogen and oxygen atoms in total. The van der Waals surface area contributed by atoms with Gasteiger partial charge in [-0.1, -0.05) is 15.9 Å². The van der Waals surface area contributed by atoms with Gasteiger partial charge in [-0.25, -0.2) is 0 Å². The maximum atomic E-state index is 9.48. The molecule has 1 aromatic heterocycles. The summed E-state index contributed by atoms with van der Waals surface area (Å²) in [5, 5.41) is 11.5. The summed E-state index contributed by atoms with van der Waals surface area (Å²) in [6.07, 6.45) is 0. The molecule has 13 heavy (non-hydrogen) atoms. The Morgan fingerprint density at radius 1 is 1.46 bits per heavy atom. The second-order valence-corrected chi connectivity index (χ2v) is 5.46. The van der Waals surface area contributed by atoms with Crippen LogP contribution in [0.3, 0.4) is 0 Å². The first kappa shape index (κ1) is 9.73. The molecule has 0 aliphatic rings. The number of alkyl halides is 1. The van der Waals surface area contributed by atoms with Crippen molar-refractivity contribution in [3.63, 3.8) is 0 Å². The molecular formula is C9H6BrIOS. The average molecular weight is 369 g/mol. The molecule has 0 saturated heterocycles. The third-order valence-corrected chi connectivity index (χ3v) is 5.01. The number of hydrogen-bond acceptors (Lipinski definition) is 2. The van der Waals surface area contributed by atoms with Crippen molar-refractivity contribution in [2.45, 2.75) is 5.33 Å². The van der Waals surface area contributed by atoms with Crippen LogP contribution in [-0.2, 0) is 5.33 Å². The number of phenols is 1. The van der Waals surface area contributed by atoms with Crippen molar-refractivity contribution >= 4 is 59.9 Å². The maximum absolute atomic E-state index is 9.48. The minimum Gasteiger partial charge on any atom is -0.507 e. The highest BCUT2D eigenvalue weighted by molar-refractivity contribution is 14.1. The molecule has 68 valence electrons. The van der Waals surface area contributed by atoms with E-state index in [-0.39, 0.29) is 0 Å². The van der Waals surface area contributed by atoms with Crippen LogP contribution in [-0.4, -0.2) is 5.11 Å². The zero-order valence-electron chi connectivity index (χ0n) is 6.55. The molecule has 1 N–H and O–H groups in total. The van der Waals surface area contributed by atoms with Gasteiger partial charge in [0.05, 0.1) is 3.57 Å². The fourth-order valence-corrected chi connectivity index (χ4v) is 3.42. The van der Waals surface area contributed by atoms with Crippen LogP contribution in [0.15, 0.2) is 18.2 Å². The van der Waals surface area contributed by atoms with Gasteiger partial charge in [-0.3, -0.25) is 0 Å². The van der Waals surface area contributed by atoms with E-state index < -0.39 is 0 Å². The van der Waals surface area contributed by atoms with Crippen molar-refractivity contribution in [1.29, 1.82) is 0 Å². The lowest BCUT2D eigenvalue weighted by Crippen LogP contribution is -1.73. The summed E-state index contributed by atoms with van der Waals surface area (Å²) in [5.74, 6) is 0.368. The number of fused-ring (bicyclic) bond motifs is 1. The normalized spacial score (nSPS) is 10.9. The van der Waals surface area contributed by atoms with Crippen molar-refractivity contribution in [2.75, 3.05) is 0 Å². The molecule has 0 amide bonds. The van der Waals surface area contributed by atoms with E-state index in [9.17, 15) is 5.11 Å². The molecule has 0 fully saturated rings. The first-order valence-corrected chi connectivity index (χ1v) is 6.70. The molecule has 4 heteroatoms. The first-order valence-electron chi connectivity index (χ1n) is 3.68.